The van der Waals surface area contributed by atoms with Gasteiger partial charge >= 0.3 is 0 Å². The van der Waals surface area contributed by atoms with Gasteiger partial charge in [-0.05, 0) is 187 Å². The van der Waals surface area contributed by atoms with Gasteiger partial charge in [-0.25, -0.2) is 0 Å². The third-order valence-corrected chi connectivity index (χ3v) is 23.7. The van der Waals surface area contributed by atoms with Crippen molar-refractivity contribution in [2.24, 2.45) is 0 Å². The molecule has 0 fully saturated rings. The Hall–Kier alpha value is -15.5. The molecule has 6 heteroatoms. The molecule has 4 aromatic heterocycles. The summed E-state index contributed by atoms with van der Waals surface area (Å²) in [6, 6.07) is 155. The lowest BCUT2D eigenvalue weighted by Crippen LogP contribution is -2.14. The molecule has 0 aliphatic heterocycles. The van der Waals surface area contributed by atoms with Crippen LogP contribution in [0.3, 0.4) is 0 Å². The third-order valence-electron chi connectivity index (χ3n) is 23.7. The van der Waals surface area contributed by atoms with Crippen molar-refractivity contribution in [2.45, 2.75) is 0 Å². The van der Waals surface area contributed by atoms with E-state index in [2.05, 4.69) is 438 Å². The number of para-hydroxylation sites is 12. The van der Waals surface area contributed by atoms with Crippen molar-refractivity contribution in [2.75, 3.05) is 9.80 Å². The molecule has 0 saturated heterocycles. The maximum atomic E-state index is 7.45. The van der Waals surface area contributed by atoms with E-state index in [9.17, 15) is 0 Å². The van der Waals surface area contributed by atoms with Gasteiger partial charge in [-0.2, -0.15) is 0 Å². The van der Waals surface area contributed by atoms with E-state index >= 15 is 0 Å². The normalized spacial score (nSPS) is 11.8. The van der Waals surface area contributed by atoms with Gasteiger partial charge in [-0.3, -0.25) is 0 Å². The first kappa shape index (κ1) is 66.3. The van der Waals surface area contributed by atoms with E-state index in [1.807, 2.05) is 6.07 Å². The van der Waals surface area contributed by atoms with Crippen molar-refractivity contribution in [1.82, 2.24) is 9.13 Å². The van der Waals surface area contributed by atoms with Crippen LogP contribution in [-0.2, 0) is 0 Å². The molecule has 0 bridgehead atoms. The zero-order valence-electron chi connectivity index (χ0n) is 63.0. The van der Waals surface area contributed by atoms with Crippen LogP contribution in [0.25, 0.3) is 187 Å². The molecule has 0 saturated carbocycles. The summed E-state index contributed by atoms with van der Waals surface area (Å²) in [5.74, 6) is 0. The Morgan fingerprint density at radius 1 is 0.190 bits per heavy atom. The fourth-order valence-corrected chi connectivity index (χ4v) is 18.4. The van der Waals surface area contributed by atoms with Crippen molar-refractivity contribution >= 4 is 143 Å². The number of hydrogen-bond donors (Lipinski definition) is 0. The van der Waals surface area contributed by atoms with Gasteiger partial charge in [0, 0.05) is 76.7 Å². The molecule has 23 rings (SSSR count). The zero-order chi connectivity index (χ0) is 76.3. The second kappa shape index (κ2) is 27.2. The quantitative estimate of drug-likeness (QED) is 0.109. The molecule has 0 atom stereocenters. The number of anilines is 6. The lowest BCUT2D eigenvalue weighted by molar-refractivity contribution is 0.669. The summed E-state index contributed by atoms with van der Waals surface area (Å²) in [6.07, 6.45) is 0. The summed E-state index contributed by atoms with van der Waals surface area (Å²) in [5, 5.41) is 13.8. The first-order chi connectivity index (χ1) is 57.5. The third kappa shape index (κ3) is 10.9. The van der Waals surface area contributed by atoms with Gasteiger partial charge < -0.3 is 27.8 Å². The lowest BCUT2D eigenvalue weighted by atomic mass is 9.97. The summed E-state index contributed by atoms with van der Waals surface area (Å²) in [7, 11) is 0. The second-order valence-electron chi connectivity index (χ2n) is 30.2. The molecule has 0 unspecified atom stereocenters. The van der Waals surface area contributed by atoms with E-state index < -0.39 is 0 Å². The van der Waals surface area contributed by atoms with E-state index in [0.717, 1.165) is 178 Å². The van der Waals surface area contributed by atoms with Crippen molar-refractivity contribution < 1.29 is 8.83 Å². The molecule has 23 aromatic rings. The number of fused-ring (bicyclic) bond motifs is 14. The SMILES string of the molecule is c1cc(-c2ccc(N(c3ccccc3-c3cccc4c3oc3ccccc34)c3ccccc3-n3c4ccccc4c4c(-c5ccc6c(c5)oc5c(-c7ccccc7N(c7cccc(-c8ccc9ccccc9c8)c7)c7ccccc7-n7c8ccccc8c8ccccc87)cccc56)cccc43)cc2)cc(-c2ccc3ccccc3c2)c1. The summed E-state index contributed by atoms with van der Waals surface area (Å²) < 4.78 is 19.2. The Morgan fingerprint density at radius 2 is 0.578 bits per heavy atom. The van der Waals surface area contributed by atoms with Crippen LogP contribution < -0.4 is 9.80 Å². The second-order valence-corrected chi connectivity index (χ2v) is 30.2. The van der Waals surface area contributed by atoms with Crippen LogP contribution >= 0.6 is 0 Å². The molecule has 19 aromatic carbocycles. The summed E-state index contributed by atoms with van der Waals surface area (Å²) in [5.41, 5.74) is 29.1. The molecule has 116 heavy (non-hydrogen) atoms. The summed E-state index contributed by atoms with van der Waals surface area (Å²) in [6.45, 7) is 0. The van der Waals surface area contributed by atoms with Gasteiger partial charge in [0.25, 0.3) is 0 Å². The molecular weight excluding hydrogens is 1410 g/mol. The molecule has 0 radical (unpaired) electrons. The number of aromatic nitrogens is 2. The number of hydrogen-bond acceptors (Lipinski definition) is 4. The molecular formula is C110H70N4O2. The Morgan fingerprint density at radius 3 is 1.20 bits per heavy atom. The summed E-state index contributed by atoms with van der Waals surface area (Å²) in [4.78, 5) is 4.91. The predicted octanol–water partition coefficient (Wildman–Crippen LogP) is 30.9. The maximum absolute atomic E-state index is 7.45. The fraction of sp³-hybridized carbons (Fsp3) is 0. The lowest BCUT2D eigenvalue weighted by Gasteiger charge is -2.30. The zero-order valence-corrected chi connectivity index (χ0v) is 63.0. The van der Waals surface area contributed by atoms with Crippen LogP contribution in [-0.4, -0.2) is 9.13 Å². The molecule has 0 N–H and O–H groups in total. The van der Waals surface area contributed by atoms with E-state index in [1.54, 1.807) is 0 Å². The van der Waals surface area contributed by atoms with Crippen LogP contribution in [0.15, 0.2) is 433 Å². The standard InChI is InChI=1S/C110H70N4O2/c1-3-28-74-67-79(58-56-71(74)26-1)77-31-21-30-76(66-77)73-60-63-82(64-61-73)111(96-45-11-7-36-87(96)91-41-23-43-93-89-38-10-20-55-106(89)115-109(91)93)101-50-16-19-53-104(101)114-100-49-15-9-39-95(100)108-84(40-25-54-105(108)114)81-62-65-90-94-44-24-42-92(110(94)116-107(90)70-81)88-37-8-12-46-97(88)112(83-33-22-32-78(69-83)80-59-57-72-27-2-4-29-75(72)68-80)102-51-17-18-52-103(102)113-98-47-13-5-34-85(98)86-35-6-14-48-99(86)113/h1-70H. The van der Waals surface area contributed by atoms with E-state index in [1.165, 1.54) is 43.4 Å². The minimum atomic E-state index is 0.807. The minimum absolute atomic E-state index is 0.807. The topological polar surface area (TPSA) is 42.6 Å². The molecule has 0 aliphatic carbocycles. The van der Waals surface area contributed by atoms with Crippen LogP contribution in [0, 0.1) is 0 Å². The number of furan rings is 2. The minimum Gasteiger partial charge on any atom is -0.455 e. The number of benzene rings is 19. The highest BCUT2D eigenvalue weighted by atomic mass is 16.3. The Balaban J connectivity index is 0.665. The predicted molar refractivity (Wildman–Crippen MR) is 487 cm³/mol. The van der Waals surface area contributed by atoms with Crippen LogP contribution in [0.4, 0.5) is 34.1 Å². The molecule has 6 nitrogen and oxygen atoms in total. The maximum Gasteiger partial charge on any atom is 0.143 e. The Kier molecular flexibility index (Phi) is 15.5. The molecule has 4 heterocycles. The number of nitrogens with zero attached hydrogens (tertiary/aromatic N) is 4. The Labute approximate surface area is 669 Å². The van der Waals surface area contributed by atoms with Crippen LogP contribution in [0.1, 0.15) is 0 Å². The van der Waals surface area contributed by atoms with Crippen molar-refractivity contribution in [3.8, 4) is 78.1 Å². The van der Waals surface area contributed by atoms with Crippen molar-refractivity contribution in [3.05, 3.63) is 425 Å². The molecule has 542 valence electrons. The highest BCUT2D eigenvalue weighted by molar-refractivity contribution is 6.19. The largest absolute Gasteiger partial charge is 0.455 e. The van der Waals surface area contributed by atoms with Gasteiger partial charge in [0.1, 0.15) is 22.3 Å². The molecule has 0 aliphatic rings. The molecule has 0 spiro atoms. The summed E-state index contributed by atoms with van der Waals surface area (Å²) >= 11 is 0. The highest BCUT2D eigenvalue weighted by Crippen LogP contribution is 2.52. The van der Waals surface area contributed by atoms with Crippen LogP contribution in [0.5, 0.6) is 0 Å². The van der Waals surface area contributed by atoms with Crippen LogP contribution in [0.2, 0.25) is 0 Å². The monoisotopic (exact) mass is 1480 g/mol. The van der Waals surface area contributed by atoms with Gasteiger partial charge in [-0.15, -0.1) is 0 Å². The van der Waals surface area contributed by atoms with E-state index in [4.69, 9.17) is 8.83 Å². The fourth-order valence-electron chi connectivity index (χ4n) is 18.4. The van der Waals surface area contributed by atoms with E-state index in [0.29, 0.717) is 0 Å². The average molecular weight is 1480 g/mol. The average Bonchev–Trinajstić information content (AvgIpc) is 1.56. The van der Waals surface area contributed by atoms with E-state index in [-0.39, 0.29) is 0 Å². The van der Waals surface area contributed by atoms with Gasteiger partial charge in [0.05, 0.1) is 56.2 Å². The molecule has 0 amide bonds. The first-order valence-electron chi connectivity index (χ1n) is 39.7. The van der Waals surface area contributed by atoms with Gasteiger partial charge in [0.15, 0.2) is 0 Å². The number of rotatable bonds is 14. The van der Waals surface area contributed by atoms with Gasteiger partial charge in [0.2, 0.25) is 0 Å². The smallest absolute Gasteiger partial charge is 0.143 e. The first-order valence-corrected chi connectivity index (χ1v) is 39.7. The van der Waals surface area contributed by atoms with Crippen molar-refractivity contribution in [1.29, 1.82) is 0 Å². The van der Waals surface area contributed by atoms with Crippen molar-refractivity contribution in [3.63, 3.8) is 0 Å². The Bertz CT molecular complexity index is 7830. The highest BCUT2D eigenvalue weighted by Gasteiger charge is 2.29. The van der Waals surface area contributed by atoms with Gasteiger partial charge in [-0.1, -0.05) is 303 Å².